The molecule has 61 heavy (non-hydrogen) atoms. The van der Waals surface area contributed by atoms with Crippen LogP contribution in [0.1, 0.15) is 0 Å². The largest absolute Gasteiger partial charge is 2.00 e. The summed E-state index contributed by atoms with van der Waals surface area (Å²) in [5.74, 6) is 3.32. The first-order valence-corrected chi connectivity index (χ1v) is 19.2. The fraction of sp³-hybridized carbons (Fsp3) is 0. The molecule has 0 N–H and O–H groups in total. The number of para-hydroxylation sites is 12. The van der Waals surface area contributed by atoms with Crippen LogP contribution < -0.4 is 29.5 Å². The molecular formula is C50H30N4O6Zn. The molecule has 0 saturated carbocycles. The van der Waals surface area contributed by atoms with Crippen molar-refractivity contribution in [3.8, 4) is 57.4 Å². The average molecular weight is 848 g/mol. The van der Waals surface area contributed by atoms with E-state index in [2.05, 4.69) is 9.97 Å². The molecule has 0 atom stereocenters. The van der Waals surface area contributed by atoms with E-state index in [0.29, 0.717) is 34.1 Å². The van der Waals surface area contributed by atoms with Crippen LogP contribution in [0, 0.1) is 0 Å². The van der Waals surface area contributed by atoms with Crippen LogP contribution in [0.4, 0.5) is 34.1 Å². The Kier molecular flexibility index (Phi) is 9.43. The van der Waals surface area contributed by atoms with E-state index in [0.717, 1.165) is 68.2 Å². The van der Waals surface area contributed by atoms with Crippen LogP contribution in [0.15, 0.2) is 191 Å². The molecule has 2 aliphatic rings. The van der Waals surface area contributed by atoms with Crippen molar-refractivity contribution in [2.24, 2.45) is 0 Å². The molecule has 8 aromatic carbocycles. The van der Waals surface area contributed by atoms with Crippen LogP contribution in [0.3, 0.4) is 0 Å². The third-order valence-electron chi connectivity index (χ3n) is 10.4. The Morgan fingerprint density at radius 3 is 1.05 bits per heavy atom. The number of aromatic nitrogens is 2. The van der Waals surface area contributed by atoms with Gasteiger partial charge in [0.15, 0.2) is 34.2 Å². The van der Waals surface area contributed by atoms with Gasteiger partial charge in [0, 0.05) is 22.5 Å². The second-order valence-corrected chi connectivity index (χ2v) is 14.1. The van der Waals surface area contributed by atoms with Gasteiger partial charge in [0.1, 0.15) is 11.0 Å². The van der Waals surface area contributed by atoms with Gasteiger partial charge < -0.3 is 38.3 Å². The maximum absolute atomic E-state index is 13.0. The monoisotopic (exact) mass is 846 g/mol. The first-order chi connectivity index (χ1) is 29.6. The molecular weight excluding hydrogens is 818 g/mol. The summed E-state index contributed by atoms with van der Waals surface area (Å²) in [4.78, 5) is 13.0. The first-order valence-electron chi connectivity index (χ1n) is 19.2. The summed E-state index contributed by atoms with van der Waals surface area (Å²) in [6.45, 7) is 0. The van der Waals surface area contributed by atoms with Crippen molar-refractivity contribution in [1.82, 2.24) is 9.97 Å². The fourth-order valence-electron chi connectivity index (χ4n) is 7.59. The molecule has 0 spiro atoms. The van der Waals surface area contributed by atoms with E-state index in [4.69, 9.17) is 18.3 Å². The van der Waals surface area contributed by atoms with E-state index in [1.54, 1.807) is 24.3 Å². The molecule has 0 bridgehead atoms. The second kappa shape index (κ2) is 15.4. The molecule has 12 rings (SSSR count). The predicted molar refractivity (Wildman–Crippen MR) is 227 cm³/mol. The Morgan fingerprint density at radius 2 is 0.705 bits per heavy atom. The van der Waals surface area contributed by atoms with E-state index in [1.165, 1.54) is 0 Å². The molecule has 0 aliphatic carbocycles. The van der Waals surface area contributed by atoms with Gasteiger partial charge in [-0.1, -0.05) is 84.3 Å². The van der Waals surface area contributed by atoms with Crippen molar-refractivity contribution in [2.75, 3.05) is 9.80 Å². The molecule has 4 heterocycles. The Balaban J connectivity index is 0.000000144. The molecule has 0 saturated heterocycles. The van der Waals surface area contributed by atoms with Crippen LogP contribution in [0.5, 0.6) is 34.5 Å². The summed E-state index contributed by atoms with van der Waals surface area (Å²) in [5.41, 5.74) is 8.67. The molecule has 2 aliphatic heterocycles. The van der Waals surface area contributed by atoms with E-state index < -0.39 is 0 Å². The molecule has 11 heteroatoms. The topological polar surface area (TPSA) is 123 Å². The molecule has 0 amide bonds. The van der Waals surface area contributed by atoms with Crippen molar-refractivity contribution < 1.29 is 48.0 Å². The number of ether oxygens (including phenoxy) is 2. The first kappa shape index (κ1) is 37.4. The van der Waals surface area contributed by atoms with Crippen molar-refractivity contribution >= 4 is 56.3 Å². The minimum Gasteiger partial charge on any atom is -0.872 e. The average Bonchev–Trinajstić information content (AvgIpc) is 3.92. The van der Waals surface area contributed by atoms with Gasteiger partial charge >= 0.3 is 19.5 Å². The number of hydrogen-bond acceptors (Lipinski definition) is 10. The molecule has 0 radical (unpaired) electrons. The maximum Gasteiger partial charge on any atom is 2.00 e. The van der Waals surface area contributed by atoms with Crippen molar-refractivity contribution in [3.63, 3.8) is 0 Å². The number of rotatable bonds is 4. The number of nitrogens with zero attached hydrogens (tertiary/aromatic N) is 4. The molecule has 0 fully saturated rings. The Bertz CT molecular complexity index is 2880. The van der Waals surface area contributed by atoms with Crippen molar-refractivity contribution in [1.29, 1.82) is 0 Å². The summed E-state index contributed by atoms with van der Waals surface area (Å²) >= 11 is 0. The minimum atomic E-state index is -0.152. The van der Waals surface area contributed by atoms with Crippen molar-refractivity contribution in [3.05, 3.63) is 182 Å². The van der Waals surface area contributed by atoms with Gasteiger partial charge in [-0.05, 0) is 109 Å². The third kappa shape index (κ3) is 6.67. The molecule has 288 valence electrons. The van der Waals surface area contributed by atoms with Gasteiger partial charge in [0.2, 0.25) is 11.8 Å². The van der Waals surface area contributed by atoms with Gasteiger partial charge in [-0.25, -0.2) is 9.97 Å². The van der Waals surface area contributed by atoms with Crippen LogP contribution in [-0.4, -0.2) is 9.97 Å². The second-order valence-electron chi connectivity index (χ2n) is 14.1. The van der Waals surface area contributed by atoms with Gasteiger partial charge in [-0.3, -0.25) is 0 Å². The van der Waals surface area contributed by atoms with Gasteiger partial charge in [-0.2, -0.15) is 0 Å². The van der Waals surface area contributed by atoms with Gasteiger partial charge in [0.25, 0.3) is 0 Å². The minimum absolute atomic E-state index is 0. The number of hydrogen-bond donors (Lipinski definition) is 0. The molecule has 2 aromatic heterocycles. The van der Waals surface area contributed by atoms with Crippen LogP contribution >= 0.6 is 0 Å². The van der Waals surface area contributed by atoms with Crippen LogP contribution in [0.2, 0.25) is 0 Å². The Hall–Kier alpha value is -7.88. The number of oxazole rings is 2. The Morgan fingerprint density at radius 1 is 0.377 bits per heavy atom. The summed E-state index contributed by atoms with van der Waals surface area (Å²) in [6, 6.07) is 56.6. The third-order valence-corrected chi connectivity index (χ3v) is 10.4. The smallest absolute Gasteiger partial charge is 0.872 e. The van der Waals surface area contributed by atoms with E-state index in [9.17, 15) is 10.2 Å². The zero-order valence-corrected chi connectivity index (χ0v) is 35.2. The van der Waals surface area contributed by atoms with E-state index >= 15 is 0 Å². The van der Waals surface area contributed by atoms with E-state index in [-0.39, 0.29) is 31.0 Å². The summed E-state index contributed by atoms with van der Waals surface area (Å²) in [6.07, 6.45) is 0. The SMILES string of the molecule is [O-]c1cc(N2c3ccccc3Oc3ccccc32)ccc1-c1nc2ccccc2o1.[O-]c1cc(N2c3ccccc3Oc3ccccc32)ccc1-c1nc2ccccc2o1.[Zn+2]. The van der Waals surface area contributed by atoms with Gasteiger partial charge in [-0.15, -0.1) is 0 Å². The number of fused-ring (bicyclic) bond motifs is 6. The number of anilines is 6. The zero-order chi connectivity index (χ0) is 40.2. The Labute approximate surface area is 361 Å². The standard InChI is InChI=1S/2C25H16N2O3.Zn/c2*28-21-15-16(13-14-17(21)25-26-18-7-1-4-10-22(18)30-25)27-19-8-2-5-11-23(19)29-24-12-6-3-9-20(24)27;/h2*1-15,28H;/q;;+2/p-2. The maximum atomic E-state index is 13.0. The van der Waals surface area contributed by atoms with Crippen molar-refractivity contribution in [2.45, 2.75) is 0 Å². The zero-order valence-electron chi connectivity index (χ0n) is 32.3. The summed E-state index contributed by atoms with van der Waals surface area (Å²) in [7, 11) is 0. The molecule has 0 unspecified atom stereocenters. The van der Waals surface area contributed by atoms with Gasteiger partial charge in [0.05, 0.1) is 22.7 Å². The predicted octanol–water partition coefficient (Wildman–Crippen LogP) is 12.3. The molecule has 10 aromatic rings. The van der Waals surface area contributed by atoms with Crippen LogP contribution in [-0.2, 0) is 19.5 Å². The quantitative estimate of drug-likeness (QED) is 0.158. The summed E-state index contributed by atoms with van der Waals surface area (Å²) < 4.78 is 23.7. The molecule has 10 nitrogen and oxygen atoms in total. The van der Waals surface area contributed by atoms with E-state index in [1.807, 2.05) is 168 Å². The fourth-order valence-corrected chi connectivity index (χ4v) is 7.59. The summed E-state index contributed by atoms with van der Waals surface area (Å²) in [5, 5.41) is 26.1. The normalized spacial score (nSPS) is 12.1. The van der Waals surface area contributed by atoms with Crippen LogP contribution in [0.25, 0.3) is 45.1 Å². The number of benzene rings is 8.